The van der Waals surface area contributed by atoms with Crippen molar-refractivity contribution in [1.29, 1.82) is 0 Å². The molecule has 70 valence electrons. The minimum absolute atomic E-state index is 0.146. The van der Waals surface area contributed by atoms with Crippen molar-refractivity contribution in [2.24, 2.45) is 0 Å². The van der Waals surface area contributed by atoms with Crippen LogP contribution in [0.4, 0.5) is 0 Å². The molecule has 0 fully saturated rings. The number of hydrogen-bond donors (Lipinski definition) is 0. The van der Waals surface area contributed by atoms with Gasteiger partial charge >= 0.3 is 0 Å². The zero-order chi connectivity index (χ0) is 9.84. The van der Waals surface area contributed by atoms with E-state index in [4.69, 9.17) is 16.3 Å². The number of carbonyl (C=O) groups is 1. The van der Waals surface area contributed by atoms with Gasteiger partial charge in [0.05, 0.1) is 23.7 Å². The number of halogens is 2. The number of aromatic nitrogens is 1. The van der Waals surface area contributed by atoms with Gasteiger partial charge in [-0.25, -0.2) is 4.98 Å². The Kier molecular flexibility index (Phi) is 3.69. The Labute approximate surface area is 89.2 Å². The summed E-state index contributed by atoms with van der Waals surface area (Å²) in [5.41, 5.74) is 0.263. The number of carbonyl (C=O) groups excluding carboxylic acids is 1. The van der Waals surface area contributed by atoms with Crippen molar-refractivity contribution in [3.8, 4) is 5.75 Å². The van der Waals surface area contributed by atoms with Crippen LogP contribution in [0.1, 0.15) is 10.5 Å². The number of rotatable bonds is 3. The van der Waals surface area contributed by atoms with E-state index >= 15 is 0 Å². The molecule has 1 heterocycles. The molecule has 1 rings (SSSR count). The zero-order valence-electron chi connectivity index (χ0n) is 6.88. The topological polar surface area (TPSA) is 39.2 Å². The van der Waals surface area contributed by atoms with Gasteiger partial charge in [-0.15, -0.1) is 0 Å². The number of nitrogens with zero attached hydrogens (tertiary/aromatic N) is 1. The second kappa shape index (κ2) is 4.58. The maximum absolute atomic E-state index is 11.2. The molecule has 0 N–H and O–H groups in total. The lowest BCUT2D eigenvalue weighted by Gasteiger charge is -2.02. The van der Waals surface area contributed by atoms with Gasteiger partial charge < -0.3 is 4.74 Å². The molecule has 0 unspecified atom stereocenters. The molecule has 3 nitrogen and oxygen atoms in total. The molecular formula is C8H7BrClNO2. The number of pyridine rings is 1. The van der Waals surface area contributed by atoms with Crippen LogP contribution in [0.15, 0.2) is 12.3 Å². The van der Waals surface area contributed by atoms with Gasteiger partial charge in [-0.05, 0) is 0 Å². The van der Waals surface area contributed by atoms with Gasteiger partial charge in [-0.2, -0.15) is 0 Å². The maximum Gasteiger partial charge on any atom is 0.193 e. The molecule has 0 atom stereocenters. The van der Waals surface area contributed by atoms with Gasteiger partial charge in [0.15, 0.2) is 5.78 Å². The molecule has 0 radical (unpaired) electrons. The van der Waals surface area contributed by atoms with Gasteiger partial charge in [0.2, 0.25) is 0 Å². The summed E-state index contributed by atoms with van der Waals surface area (Å²) >= 11 is 8.84. The van der Waals surface area contributed by atoms with Crippen LogP contribution in [-0.4, -0.2) is 23.2 Å². The van der Waals surface area contributed by atoms with E-state index in [0.29, 0.717) is 10.8 Å². The monoisotopic (exact) mass is 263 g/mol. The van der Waals surface area contributed by atoms with Crippen LogP contribution in [0, 0.1) is 0 Å². The highest BCUT2D eigenvalue weighted by Gasteiger charge is 2.11. The van der Waals surface area contributed by atoms with Gasteiger partial charge in [-0.1, -0.05) is 27.5 Å². The van der Waals surface area contributed by atoms with E-state index in [0.717, 1.165) is 0 Å². The third-order valence-electron chi connectivity index (χ3n) is 1.44. The first-order chi connectivity index (χ1) is 6.19. The van der Waals surface area contributed by atoms with Crippen LogP contribution in [-0.2, 0) is 0 Å². The van der Waals surface area contributed by atoms with E-state index in [1.165, 1.54) is 13.3 Å². The van der Waals surface area contributed by atoms with E-state index in [-0.39, 0.29) is 16.8 Å². The van der Waals surface area contributed by atoms with Crippen molar-refractivity contribution in [3.63, 3.8) is 0 Å². The van der Waals surface area contributed by atoms with Crippen LogP contribution in [0.5, 0.6) is 5.75 Å². The quantitative estimate of drug-likeness (QED) is 0.621. The fraction of sp³-hybridized carbons (Fsp3) is 0.250. The highest BCUT2D eigenvalue weighted by Crippen LogP contribution is 2.20. The van der Waals surface area contributed by atoms with Crippen LogP contribution in [0.3, 0.4) is 0 Å². The van der Waals surface area contributed by atoms with Crippen LogP contribution < -0.4 is 4.74 Å². The highest BCUT2D eigenvalue weighted by atomic mass is 79.9. The first-order valence-electron chi connectivity index (χ1n) is 3.47. The second-order valence-corrected chi connectivity index (χ2v) is 3.23. The van der Waals surface area contributed by atoms with Crippen molar-refractivity contribution in [2.45, 2.75) is 0 Å². The summed E-state index contributed by atoms with van der Waals surface area (Å²) in [5, 5.41) is 0.523. The number of Topliss-reactive ketones (excluding diaryl/α,β-unsaturated/α-hetero) is 1. The average Bonchev–Trinajstić information content (AvgIpc) is 2.16. The predicted molar refractivity (Wildman–Crippen MR) is 53.9 cm³/mol. The number of alkyl halides is 1. The summed E-state index contributed by atoms with van der Waals surface area (Å²) < 4.78 is 4.89. The van der Waals surface area contributed by atoms with Gasteiger partial charge in [-0.3, -0.25) is 4.79 Å². The molecule has 0 amide bonds. The molecule has 13 heavy (non-hydrogen) atoms. The summed E-state index contributed by atoms with van der Waals surface area (Å²) in [7, 11) is 1.51. The predicted octanol–water partition coefficient (Wildman–Crippen LogP) is 2.32. The first-order valence-corrected chi connectivity index (χ1v) is 4.97. The molecule has 1 aromatic heterocycles. The SMILES string of the molecule is COc1cnc(C(=O)CBr)c(Cl)c1. The number of methoxy groups -OCH3 is 1. The smallest absolute Gasteiger partial charge is 0.193 e. The minimum Gasteiger partial charge on any atom is -0.495 e. The molecule has 0 aliphatic heterocycles. The number of hydrogen-bond acceptors (Lipinski definition) is 3. The Morgan fingerprint density at radius 2 is 2.46 bits per heavy atom. The van der Waals surface area contributed by atoms with Crippen molar-refractivity contribution in [2.75, 3.05) is 12.4 Å². The van der Waals surface area contributed by atoms with Crippen molar-refractivity contribution in [1.82, 2.24) is 4.98 Å². The fourth-order valence-corrected chi connectivity index (χ4v) is 1.33. The lowest BCUT2D eigenvalue weighted by Crippen LogP contribution is -2.04. The Bertz CT molecular complexity index is 330. The summed E-state index contributed by atoms with van der Waals surface area (Å²) in [5.74, 6) is 0.392. The standard InChI is InChI=1S/C8H7BrClNO2/c1-13-5-2-6(10)8(11-4-5)7(12)3-9/h2,4H,3H2,1H3. The largest absolute Gasteiger partial charge is 0.495 e. The highest BCUT2D eigenvalue weighted by molar-refractivity contribution is 9.09. The van der Waals surface area contributed by atoms with Crippen LogP contribution in [0.2, 0.25) is 5.02 Å². The summed E-state index contributed by atoms with van der Waals surface area (Å²) in [6.45, 7) is 0. The third-order valence-corrected chi connectivity index (χ3v) is 2.23. The van der Waals surface area contributed by atoms with E-state index in [2.05, 4.69) is 20.9 Å². The summed E-state index contributed by atoms with van der Waals surface area (Å²) in [4.78, 5) is 15.1. The average molecular weight is 265 g/mol. The second-order valence-electron chi connectivity index (χ2n) is 2.26. The Balaban J connectivity index is 3.05. The van der Waals surface area contributed by atoms with Crippen molar-refractivity contribution < 1.29 is 9.53 Å². The molecule has 0 aliphatic rings. The number of ether oxygens (including phenoxy) is 1. The zero-order valence-corrected chi connectivity index (χ0v) is 9.22. The van der Waals surface area contributed by atoms with E-state index in [1.807, 2.05) is 0 Å². The molecule has 1 aromatic rings. The van der Waals surface area contributed by atoms with Gasteiger partial charge in [0.1, 0.15) is 11.4 Å². The Hall–Kier alpha value is -0.610. The fourth-order valence-electron chi connectivity index (χ4n) is 0.800. The molecular weight excluding hydrogens is 257 g/mol. The molecule has 0 saturated heterocycles. The lowest BCUT2D eigenvalue weighted by molar-refractivity contribution is 0.101. The molecule has 5 heteroatoms. The maximum atomic E-state index is 11.2. The third kappa shape index (κ3) is 2.42. The summed E-state index contributed by atoms with van der Waals surface area (Å²) in [6, 6.07) is 1.56. The molecule has 0 aliphatic carbocycles. The molecule has 0 spiro atoms. The van der Waals surface area contributed by atoms with Gasteiger partial charge in [0, 0.05) is 6.07 Å². The van der Waals surface area contributed by atoms with E-state index in [1.54, 1.807) is 6.07 Å². The Morgan fingerprint density at radius 3 is 2.92 bits per heavy atom. The van der Waals surface area contributed by atoms with Crippen LogP contribution >= 0.6 is 27.5 Å². The van der Waals surface area contributed by atoms with E-state index < -0.39 is 0 Å². The van der Waals surface area contributed by atoms with Crippen LogP contribution in [0.25, 0.3) is 0 Å². The first kappa shape index (κ1) is 10.5. The number of ketones is 1. The van der Waals surface area contributed by atoms with Crippen molar-refractivity contribution >= 4 is 33.3 Å². The van der Waals surface area contributed by atoms with Crippen molar-refractivity contribution in [3.05, 3.63) is 23.0 Å². The molecule has 0 bridgehead atoms. The molecule has 0 saturated carbocycles. The molecule has 0 aromatic carbocycles. The minimum atomic E-state index is -0.146. The van der Waals surface area contributed by atoms with Gasteiger partial charge in [0.25, 0.3) is 0 Å². The lowest BCUT2D eigenvalue weighted by atomic mass is 10.3. The summed E-state index contributed by atoms with van der Waals surface area (Å²) in [6.07, 6.45) is 1.46. The normalized spacial score (nSPS) is 9.77. The Morgan fingerprint density at radius 1 is 1.77 bits per heavy atom. The van der Waals surface area contributed by atoms with E-state index in [9.17, 15) is 4.79 Å².